The third-order valence-corrected chi connectivity index (χ3v) is 4.02. The maximum atomic E-state index is 13.1. The Morgan fingerprint density at radius 2 is 2.05 bits per heavy atom. The molecule has 0 atom stereocenters. The summed E-state index contributed by atoms with van der Waals surface area (Å²) in [4.78, 5) is 9.28. The fourth-order valence-corrected chi connectivity index (χ4v) is 3.22. The highest BCUT2D eigenvalue weighted by molar-refractivity contribution is 7.17. The van der Waals surface area contributed by atoms with Crippen LogP contribution < -0.4 is 5.32 Å². The van der Waals surface area contributed by atoms with E-state index in [9.17, 15) is 4.39 Å². The first-order chi connectivity index (χ1) is 10.2. The summed E-state index contributed by atoms with van der Waals surface area (Å²) in [5.41, 5.74) is 1.87. The van der Waals surface area contributed by atoms with Crippen molar-refractivity contribution in [2.45, 2.75) is 0 Å². The van der Waals surface area contributed by atoms with Crippen LogP contribution in [0.15, 0.2) is 42.3 Å². The second-order valence-corrected chi connectivity index (χ2v) is 5.54. The summed E-state index contributed by atoms with van der Waals surface area (Å²) in [7, 11) is 0. The van der Waals surface area contributed by atoms with E-state index in [1.807, 2.05) is 5.38 Å². The lowest BCUT2D eigenvalue weighted by molar-refractivity contribution is 0.628. The van der Waals surface area contributed by atoms with E-state index in [-0.39, 0.29) is 11.1 Å². The summed E-state index contributed by atoms with van der Waals surface area (Å²) < 4.78 is 13.1. The van der Waals surface area contributed by atoms with E-state index >= 15 is 0 Å². The summed E-state index contributed by atoms with van der Waals surface area (Å²) in [6.07, 6.45) is 1.74. The Balaban J connectivity index is 2.19. The molecule has 2 aromatic heterocycles. The van der Waals surface area contributed by atoms with Gasteiger partial charge >= 0.3 is 0 Å². The Hall–Kier alpha value is -1.98. The number of aromatic nitrogens is 2. The highest BCUT2D eigenvalue weighted by Crippen LogP contribution is 2.37. The van der Waals surface area contributed by atoms with E-state index in [1.165, 1.54) is 23.5 Å². The minimum atomic E-state index is -0.261. The lowest BCUT2D eigenvalue weighted by atomic mass is 10.1. The molecule has 0 unspecified atom stereocenters. The summed E-state index contributed by atoms with van der Waals surface area (Å²) in [6.45, 7) is 4.25. The fraction of sp³-hybridized carbons (Fsp3) is 0.0667. The topological polar surface area (TPSA) is 37.8 Å². The standard InChI is InChI=1S/C15H11ClFN3S/c1-2-7-18-13-12-11(9-3-5-10(17)6-4-9)8-21-14(12)20-15(16)19-13/h2-6,8H,1,7H2,(H,18,19,20). The van der Waals surface area contributed by atoms with E-state index in [0.29, 0.717) is 12.4 Å². The Morgan fingerprint density at radius 3 is 2.76 bits per heavy atom. The van der Waals surface area contributed by atoms with E-state index in [4.69, 9.17) is 11.6 Å². The van der Waals surface area contributed by atoms with Gasteiger partial charge in [0.05, 0.1) is 5.39 Å². The van der Waals surface area contributed by atoms with Crippen molar-refractivity contribution >= 4 is 39.0 Å². The molecule has 0 spiro atoms. The van der Waals surface area contributed by atoms with Gasteiger partial charge in [0.15, 0.2) is 0 Å². The molecular weight excluding hydrogens is 309 g/mol. The van der Waals surface area contributed by atoms with Gasteiger partial charge in [0.1, 0.15) is 16.5 Å². The highest BCUT2D eigenvalue weighted by atomic mass is 35.5. The van der Waals surface area contributed by atoms with Gasteiger partial charge < -0.3 is 5.32 Å². The van der Waals surface area contributed by atoms with Crippen molar-refractivity contribution in [1.82, 2.24) is 9.97 Å². The quantitative estimate of drug-likeness (QED) is 0.557. The van der Waals surface area contributed by atoms with Crippen LogP contribution in [0.1, 0.15) is 0 Å². The predicted octanol–water partition coefficient (Wildman–Crippen LogP) is 4.75. The summed E-state index contributed by atoms with van der Waals surface area (Å²) in [5, 5.41) is 6.22. The van der Waals surface area contributed by atoms with Crippen molar-refractivity contribution in [3.63, 3.8) is 0 Å². The van der Waals surface area contributed by atoms with Gasteiger partial charge in [-0.05, 0) is 29.3 Å². The van der Waals surface area contributed by atoms with Crippen LogP contribution in [-0.4, -0.2) is 16.5 Å². The molecule has 0 radical (unpaired) electrons. The molecule has 3 aromatic rings. The van der Waals surface area contributed by atoms with Crippen LogP contribution in [0.25, 0.3) is 21.3 Å². The van der Waals surface area contributed by atoms with Gasteiger partial charge in [-0.15, -0.1) is 17.9 Å². The third-order valence-electron chi connectivity index (χ3n) is 2.98. The number of hydrogen-bond donors (Lipinski definition) is 1. The molecule has 0 saturated carbocycles. The second kappa shape index (κ2) is 5.79. The van der Waals surface area contributed by atoms with Crippen LogP contribution in [-0.2, 0) is 0 Å². The normalized spacial score (nSPS) is 10.8. The van der Waals surface area contributed by atoms with Gasteiger partial charge in [-0.1, -0.05) is 18.2 Å². The number of nitrogens with zero attached hydrogens (tertiary/aromatic N) is 2. The number of halogens is 2. The minimum Gasteiger partial charge on any atom is -0.366 e. The number of nitrogens with one attached hydrogen (secondary N) is 1. The van der Waals surface area contributed by atoms with Gasteiger partial charge in [0.2, 0.25) is 5.28 Å². The van der Waals surface area contributed by atoms with E-state index in [2.05, 4.69) is 21.9 Å². The molecule has 2 heterocycles. The maximum Gasteiger partial charge on any atom is 0.225 e. The Labute approximate surface area is 130 Å². The van der Waals surface area contributed by atoms with Crippen LogP contribution in [0, 0.1) is 5.82 Å². The summed E-state index contributed by atoms with van der Waals surface area (Å²) >= 11 is 7.43. The first-order valence-electron chi connectivity index (χ1n) is 6.24. The van der Waals surface area contributed by atoms with Crippen molar-refractivity contribution in [2.75, 3.05) is 11.9 Å². The molecule has 0 aliphatic heterocycles. The predicted molar refractivity (Wildman–Crippen MR) is 86.5 cm³/mol. The zero-order valence-corrected chi connectivity index (χ0v) is 12.5. The molecule has 6 heteroatoms. The van der Waals surface area contributed by atoms with E-state index < -0.39 is 0 Å². The van der Waals surface area contributed by atoms with Crippen LogP contribution in [0.2, 0.25) is 5.28 Å². The van der Waals surface area contributed by atoms with Gasteiger partial charge in [0, 0.05) is 17.5 Å². The highest BCUT2D eigenvalue weighted by Gasteiger charge is 2.14. The molecule has 0 fully saturated rings. The Bertz CT molecular complexity index is 799. The largest absolute Gasteiger partial charge is 0.366 e. The number of thiophene rings is 1. The van der Waals surface area contributed by atoms with E-state index in [0.717, 1.165) is 21.3 Å². The SMILES string of the molecule is C=CCNc1nc(Cl)nc2scc(-c3ccc(F)cc3)c12. The Morgan fingerprint density at radius 1 is 1.29 bits per heavy atom. The van der Waals surface area contributed by atoms with Crippen molar-refractivity contribution < 1.29 is 4.39 Å². The molecule has 3 nitrogen and oxygen atoms in total. The van der Waals surface area contributed by atoms with Crippen LogP contribution >= 0.6 is 22.9 Å². The average Bonchev–Trinajstić information content (AvgIpc) is 2.89. The lowest BCUT2D eigenvalue weighted by Crippen LogP contribution is -2.02. The first-order valence-corrected chi connectivity index (χ1v) is 7.50. The number of fused-ring (bicyclic) bond motifs is 1. The average molecular weight is 320 g/mol. The first kappa shape index (κ1) is 14.0. The number of anilines is 1. The molecule has 0 amide bonds. The van der Waals surface area contributed by atoms with Crippen LogP contribution in [0.3, 0.4) is 0 Å². The van der Waals surface area contributed by atoms with Gasteiger partial charge in [-0.25, -0.2) is 14.4 Å². The molecule has 0 aliphatic carbocycles. The molecule has 0 saturated heterocycles. The molecule has 21 heavy (non-hydrogen) atoms. The van der Waals surface area contributed by atoms with Gasteiger partial charge in [-0.3, -0.25) is 0 Å². The summed E-state index contributed by atoms with van der Waals surface area (Å²) in [6, 6.07) is 6.35. The van der Waals surface area contributed by atoms with Crippen molar-refractivity contribution in [1.29, 1.82) is 0 Å². The third kappa shape index (κ3) is 2.75. The number of hydrogen-bond acceptors (Lipinski definition) is 4. The maximum absolute atomic E-state index is 13.1. The van der Waals surface area contributed by atoms with Crippen molar-refractivity contribution in [2.24, 2.45) is 0 Å². The zero-order chi connectivity index (χ0) is 14.8. The second-order valence-electron chi connectivity index (χ2n) is 4.35. The van der Waals surface area contributed by atoms with Crippen LogP contribution in [0.5, 0.6) is 0 Å². The molecule has 1 aromatic carbocycles. The number of benzene rings is 1. The smallest absolute Gasteiger partial charge is 0.225 e. The number of rotatable bonds is 4. The van der Waals surface area contributed by atoms with Crippen LogP contribution in [0.4, 0.5) is 10.2 Å². The molecule has 0 bridgehead atoms. The van der Waals surface area contributed by atoms with E-state index in [1.54, 1.807) is 18.2 Å². The molecular formula is C15H11ClFN3S. The molecule has 106 valence electrons. The van der Waals surface area contributed by atoms with Gasteiger partial charge in [-0.2, -0.15) is 0 Å². The van der Waals surface area contributed by atoms with Crippen molar-refractivity contribution in [3.8, 4) is 11.1 Å². The summed E-state index contributed by atoms with van der Waals surface area (Å²) in [5.74, 6) is 0.396. The molecule has 1 N–H and O–H groups in total. The molecule has 0 aliphatic rings. The van der Waals surface area contributed by atoms with Crippen molar-refractivity contribution in [3.05, 3.63) is 53.4 Å². The molecule has 3 rings (SSSR count). The van der Waals surface area contributed by atoms with Gasteiger partial charge in [0.25, 0.3) is 0 Å². The fourth-order valence-electron chi connectivity index (χ4n) is 2.05. The minimum absolute atomic E-state index is 0.196. The monoisotopic (exact) mass is 319 g/mol. The Kier molecular flexibility index (Phi) is 3.86. The zero-order valence-electron chi connectivity index (χ0n) is 10.9. The lowest BCUT2D eigenvalue weighted by Gasteiger charge is -2.07.